The van der Waals surface area contributed by atoms with E-state index in [0.717, 1.165) is 16.2 Å². The van der Waals surface area contributed by atoms with Gasteiger partial charge < -0.3 is 5.11 Å². The summed E-state index contributed by atoms with van der Waals surface area (Å²) in [5.74, 6) is -0.892. The number of thioether (sulfide) groups is 1. The number of carboxylic acid groups (broad SMARTS) is 1. The van der Waals surface area contributed by atoms with E-state index in [2.05, 4.69) is 15.0 Å². The smallest absolute Gasteiger partial charge is 0.313 e. The standard InChI is InChI=1S/C12H10N4O2S2/c17-10(18)7-20-12-15-8-2-1-3-14-11(8)16(12)6-9-13-4-5-19-9/h1-5H,6-7H2,(H,17,18). The minimum atomic E-state index is -0.865. The van der Waals surface area contributed by atoms with Crippen molar-refractivity contribution in [2.75, 3.05) is 5.75 Å². The van der Waals surface area contributed by atoms with Crippen LogP contribution >= 0.6 is 23.1 Å². The summed E-state index contributed by atoms with van der Waals surface area (Å²) in [4.78, 5) is 23.8. The highest BCUT2D eigenvalue weighted by atomic mass is 32.2. The summed E-state index contributed by atoms with van der Waals surface area (Å²) in [6, 6.07) is 3.68. The second-order valence-corrected chi connectivity index (χ2v) is 5.86. The van der Waals surface area contributed by atoms with Crippen LogP contribution < -0.4 is 0 Å². The molecule has 0 unspecified atom stereocenters. The van der Waals surface area contributed by atoms with Crippen LogP contribution in [0.15, 0.2) is 35.1 Å². The Morgan fingerprint density at radius 1 is 1.40 bits per heavy atom. The summed E-state index contributed by atoms with van der Waals surface area (Å²) in [5, 5.41) is 12.3. The molecule has 102 valence electrons. The highest BCUT2D eigenvalue weighted by molar-refractivity contribution is 7.99. The van der Waals surface area contributed by atoms with Crippen LogP contribution in [-0.4, -0.2) is 36.3 Å². The molecule has 3 aromatic heterocycles. The van der Waals surface area contributed by atoms with Gasteiger partial charge in [-0.05, 0) is 12.1 Å². The molecule has 3 rings (SSSR count). The number of hydrogen-bond donors (Lipinski definition) is 1. The molecule has 6 nitrogen and oxygen atoms in total. The maximum Gasteiger partial charge on any atom is 0.313 e. The fraction of sp³-hybridized carbons (Fsp3) is 0.167. The van der Waals surface area contributed by atoms with Crippen molar-refractivity contribution in [2.45, 2.75) is 11.7 Å². The summed E-state index contributed by atoms with van der Waals surface area (Å²) in [6.07, 6.45) is 3.45. The average molecular weight is 306 g/mol. The number of rotatable bonds is 5. The van der Waals surface area contributed by atoms with Crippen molar-refractivity contribution >= 4 is 40.2 Å². The SMILES string of the molecule is O=C(O)CSc1nc2cccnc2n1Cc1nccs1. The summed E-state index contributed by atoms with van der Waals surface area (Å²) >= 11 is 2.74. The predicted octanol–water partition coefficient (Wildman–Crippen LogP) is 2.11. The quantitative estimate of drug-likeness (QED) is 0.727. The molecule has 0 bridgehead atoms. The first-order valence-corrected chi connectivity index (χ1v) is 7.65. The number of pyridine rings is 1. The van der Waals surface area contributed by atoms with E-state index in [1.54, 1.807) is 23.7 Å². The molecular formula is C12H10N4O2S2. The molecule has 0 aromatic carbocycles. The fourth-order valence-electron chi connectivity index (χ4n) is 1.78. The average Bonchev–Trinajstić information content (AvgIpc) is 3.05. The van der Waals surface area contributed by atoms with E-state index < -0.39 is 5.97 Å². The molecule has 0 radical (unpaired) electrons. The topological polar surface area (TPSA) is 80.9 Å². The first-order valence-electron chi connectivity index (χ1n) is 5.78. The third-order valence-electron chi connectivity index (χ3n) is 2.57. The Morgan fingerprint density at radius 3 is 3.05 bits per heavy atom. The van der Waals surface area contributed by atoms with Crippen molar-refractivity contribution in [3.63, 3.8) is 0 Å². The first kappa shape index (κ1) is 13.1. The number of aliphatic carboxylic acids is 1. The fourth-order valence-corrected chi connectivity index (χ4v) is 3.11. The van der Waals surface area contributed by atoms with Gasteiger partial charge in [-0.25, -0.2) is 15.0 Å². The normalized spacial score (nSPS) is 11.0. The third-order valence-corrected chi connectivity index (χ3v) is 4.30. The van der Waals surface area contributed by atoms with Gasteiger partial charge in [0.05, 0.1) is 12.3 Å². The lowest BCUT2D eigenvalue weighted by Gasteiger charge is -2.05. The second kappa shape index (κ2) is 5.59. The highest BCUT2D eigenvalue weighted by Crippen LogP contribution is 2.24. The molecule has 0 aliphatic rings. The van der Waals surface area contributed by atoms with Crippen LogP contribution in [0, 0.1) is 0 Å². The van der Waals surface area contributed by atoms with Crippen LogP contribution in [0.3, 0.4) is 0 Å². The van der Waals surface area contributed by atoms with Crippen molar-refractivity contribution in [1.82, 2.24) is 19.5 Å². The predicted molar refractivity (Wildman–Crippen MR) is 77.1 cm³/mol. The van der Waals surface area contributed by atoms with Crippen LogP contribution in [0.2, 0.25) is 0 Å². The lowest BCUT2D eigenvalue weighted by atomic mass is 10.4. The largest absolute Gasteiger partial charge is 0.481 e. The van der Waals surface area contributed by atoms with Gasteiger partial charge in [0.15, 0.2) is 10.8 Å². The van der Waals surface area contributed by atoms with Crippen LogP contribution in [0.1, 0.15) is 5.01 Å². The molecular weight excluding hydrogens is 296 g/mol. The van der Waals surface area contributed by atoms with Gasteiger partial charge in [0, 0.05) is 17.8 Å². The maximum atomic E-state index is 10.7. The van der Waals surface area contributed by atoms with E-state index in [1.165, 1.54) is 11.8 Å². The molecule has 20 heavy (non-hydrogen) atoms. The number of nitrogens with zero attached hydrogens (tertiary/aromatic N) is 4. The second-order valence-electron chi connectivity index (χ2n) is 3.93. The minimum absolute atomic E-state index is 0.0266. The lowest BCUT2D eigenvalue weighted by molar-refractivity contribution is -0.133. The van der Waals surface area contributed by atoms with Crippen molar-refractivity contribution in [1.29, 1.82) is 0 Å². The summed E-state index contributed by atoms with van der Waals surface area (Å²) < 4.78 is 1.90. The van der Waals surface area contributed by atoms with Gasteiger partial charge >= 0.3 is 5.97 Å². The first-order chi connectivity index (χ1) is 9.74. The molecule has 8 heteroatoms. The van der Waals surface area contributed by atoms with E-state index in [1.807, 2.05) is 22.1 Å². The molecule has 0 spiro atoms. The van der Waals surface area contributed by atoms with Crippen LogP contribution in [0.4, 0.5) is 0 Å². The van der Waals surface area contributed by atoms with Gasteiger partial charge in [0.25, 0.3) is 0 Å². The van der Waals surface area contributed by atoms with Crippen LogP contribution in [-0.2, 0) is 11.3 Å². The molecule has 1 N–H and O–H groups in total. The Hall–Kier alpha value is -1.93. The number of imidazole rings is 1. The van der Waals surface area contributed by atoms with Crippen molar-refractivity contribution in [3.05, 3.63) is 34.9 Å². The van der Waals surface area contributed by atoms with Gasteiger partial charge in [0.2, 0.25) is 0 Å². The van der Waals surface area contributed by atoms with Gasteiger partial charge in [-0.15, -0.1) is 11.3 Å². The van der Waals surface area contributed by atoms with E-state index in [4.69, 9.17) is 5.11 Å². The molecule has 0 atom stereocenters. The summed E-state index contributed by atoms with van der Waals surface area (Å²) in [5.41, 5.74) is 1.51. The molecule has 0 amide bonds. The van der Waals surface area contributed by atoms with Crippen LogP contribution in [0.25, 0.3) is 11.2 Å². The van der Waals surface area contributed by atoms with E-state index in [-0.39, 0.29) is 5.75 Å². The Kier molecular flexibility index (Phi) is 3.66. The Balaban J connectivity index is 2.01. The molecule has 0 saturated carbocycles. The van der Waals surface area contributed by atoms with Crippen LogP contribution in [0.5, 0.6) is 0 Å². The zero-order valence-corrected chi connectivity index (χ0v) is 11.9. The molecule has 3 heterocycles. The van der Waals surface area contributed by atoms with E-state index in [0.29, 0.717) is 11.7 Å². The minimum Gasteiger partial charge on any atom is -0.481 e. The highest BCUT2D eigenvalue weighted by Gasteiger charge is 2.14. The van der Waals surface area contributed by atoms with Crippen molar-refractivity contribution < 1.29 is 9.90 Å². The monoisotopic (exact) mass is 306 g/mol. The number of carboxylic acids is 1. The molecule has 0 saturated heterocycles. The lowest BCUT2D eigenvalue weighted by Crippen LogP contribution is -2.04. The Morgan fingerprint density at radius 2 is 2.30 bits per heavy atom. The Labute approximate surface area is 122 Å². The van der Waals surface area contributed by atoms with E-state index in [9.17, 15) is 4.79 Å². The summed E-state index contributed by atoms with van der Waals surface area (Å²) in [6.45, 7) is 0.549. The number of fused-ring (bicyclic) bond motifs is 1. The third kappa shape index (κ3) is 2.66. The number of carbonyl (C=O) groups is 1. The van der Waals surface area contributed by atoms with Crippen molar-refractivity contribution in [2.24, 2.45) is 0 Å². The van der Waals surface area contributed by atoms with Gasteiger partial charge in [-0.1, -0.05) is 11.8 Å². The molecule has 0 fully saturated rings. The zero-order valence-electron chi connectivity index (χ0n) is 10.3. The molecule has 0 aliphatic carbocycles. The van der Waals surface area contributed by atoms with E-state index >= 15 is 0 Å². The summed E-state index contributed by atoms with van der Waals surface area (Å²) in [7, 11) is 0. The molecule has 0 aliphatic heterocycles. The number of aromatic nitrogens is 4. The zero-order chi connectivity index (χ0) is 13.9. The Bertz CT molecular complexity index is 739. The number of hydrogen-bond acceptors (Lipinski definition) is 6. The molecule has 3 aromatic rings. The van der Waals surface area contributed by atoms with Gasteiger partial charge in [0.1, 0.15) is 10.5 Å². The van der Waals surface area contributed by atoms with Crippen molar-refractivity contribution in [3.8, 4) is 0 Å². The van der Waals surface area contributed by atoms with Gasteiger partial charge in [-0.2, -0.15) is 0 Å². The van der Waals surface area contributed by atoms with Gasteiger partial charge in [-0.3, -0.25) is 9.36 Å². The maximum absolute atomic E-state index is 10.7. The number of thiazole rings is 1.